The van der Waals surface area contributed by atoms with Crippen molar-refractivity contribution in [1.82, 2.24) is 14.5 Å². The van der Waals surface area contributed by atoms with E-state index in [1.165, 1.54) is 16.4 Å². The van der Waals surface area contributed by atoms with Crippen LogP contribution in [0.15, 0.2) is 22.5 Å². The molecule has 0 radical (unpaired) electrons. The minimum Gasteiger partial charge on any atom is -0.325 e. The number of amides is 2. The van der Waals surface area contributed by atoms with Crippen molar-refractivity contribution in [3.8, 4) is 0 Å². The number of aromatic nitrogens is 2. The van der Waals surface area contributed by atoms with E-state index in [0.717, 1.165) is 35.4 Å². The van der Waals surface area contributed by atoms with Crippen LogP contribution >= 0.6 is 34.7 Å². The van der Waals surface area contributed by atoms with E-state index in [-0.39, 0.29) is 28.5 Å². The summed E-state index contributed by atoms with van der Waals surface area (Å²) in [5.41, 5.74) is 0.379. The van der Waals surface area contributed by atoms with Crippen LogP contribution < -0.4 is 10.6 Å². The molecule has 168 valence electrons. The first-order valence-electron chi connectivity index (χ1n) is 9.09. The first kappa shape index (κ1) is 23.9. The number of hydrogen-bond donors (Lipinski definition) is 2. The number of sulfonamides is 1. The highest BCUT2D eigenvalue weighted by atomic mass is 35.5. The van der Waals surface area contributed by atoms with Crippen molar-refractivity contribution in [3.05, 3.63) is 29.0 Å². The number of nitrogens with one attached hydrogen (secondary N) is 2. The monoisotopic (exact) mass is 507 g/mol. The van der Waals surface area contributed by atoms with Gasteiger partial charge in [0.1, 0.15) is 5.82 Å². The number of halogens is 2. The lowest BCUT2D eigenvalue weighted by Crippen LogP contribution is -2.40. The molecule has 9 nitrogen and oxygen atoms in total. The second-order valence-corrected chi connectivity index (χ2v) is 11.4. The molecule has 2 N–H and O–H groups in total. The van der Waals surface area contributed by atoms with Gasteiger partial charge in [-0.2, -0.15) is 0 Å². The number of piperidine rings is 1. The summed E-state index contributed by atoms with van der Waals surface area (Å²) in [6.07, 6.45) is 2.03. The zero-order valence-electron chi connectivity index (χ0n) is 16.3. The molecule has 3 rings (SSSR count). The first-order valence-corrected chi connectivity index (χ1v) is 13.1. The molecular weight excluding hydrogens is 489 g/mol. The van der Waals surface area contributed by atoms with Gasteiger partial charge in [0.2, 0.25) is 27.0 Å². The molecule has 1 fully saturated rings. The second-order valence-electron chi connectivity index (χ2n) is 6.76. The van der Waals surface area contributed by atoms with Gasteiger partial charge in [-0.3, -0.25) is 9.59 Å². The lowest BCUT2D eigenvalue weighted by Gasteiger charge is -2.29. The molecule has 2 aromatic rings. The van der Waals surface area contributed by atoms with Crippen LogP contribution in [0.5, 0.6) is 0 Å². The fourth-order valence-corrected chi connectivity index (χ4v) is 5.48. The Bertz CT molecular complexity index is 1070. The SMILES string of the molecule is CS(=O)(=O)N1CCC(C(=O)Nc2nnc(SCC(=O)Nc3ccc(F)c(Cl)c3)s2)CC1. The van der Waals surface area contributed by atoms with E-state index in [1.807, 2.05) is 0 Å². The molecule has 0 atom stereocenters. The van der Waals surface area contributed by atoms with Gasteiger partial charge in [0, 0.05) is 24.7 Å². The lowest BCUT2D eigenvalue weighted by molar-refractivity contribution is -0.121. The van der Waals surface area contributed by atoms with Gasteiger partial charge >= 0.3 is 0 Å². The zero-order chi connectivity index (χ0) is 22.6. The number of hydrogen-bond acceptors (Lipinski definition) is 8. The largest absolute Gasteiger partial charge is 0.325 e. The van der Waals surface area contributed by atoms with Crippen molar-refractivity contribution in [2.24, 2.45) is 5.92 Å². The van der Waals surface area contributed by atoms with Gasteiger partial charge < -0.3 is 10.6 Å². The molecule has 1 aliphatic rings. The maximum atomic E-state index is 13.2. The van der Waals surface area contributed by atoms with Crippen molar-refractivity contribution in [3.63, 3.8) is 0 Å². The number of nitrogens with zero attached hydrogens (tertiary/aromatic N) is 3. The molecule has 1 aliphatic heterocycles. The maximum Gasteiger partial charge on any atom is 0.234 e. The summed E-state index contributed by atoms with van der Waals surface area (Å²) in [5, 5.41) is 13.4. The summed E-state index contributed by atoms with van der Waals surface area (Å²) in [5.74, 6) is -1.38. The second kappa shape index (κ2) is 10.2. The third-order valence-electron chi connectivity index (χ3n) is 4.46. The maximum absolute atomic E-state index is 13.2. The summed E-state index contributed by atoms with van der Waals surface area (Å²) in [6.45, 7) is 0.616. The van der Waals surface area contributed by atoms with Gasteiger partial charge in [-0.05, 0) is 31.0 Å². The van der Waals surface area contributed by atoms with Gasteiger partial charge in [-0.25, -0.2) is 17.1 Å². The fourth-order valence-electron chi connectivity index (χ4n) is 2.87. The third-order valence-corrected chi connectivity index (χ3v) is 8.03. The molecule has 0 saturated carbocycles. The molecule has 2 amide bonds. The van der Waals surface area contributed by atoms with Gasteiger partial charge in [0.15, 0.2) is 4.34 Å². The van der Waals surface area contributed by atoms with Gasteiger partial charge in [0.05, 0.1) is 17.0 Å². The molecule has 31 heavy (non-hydrogen) atoms. The molecule has 0 bridgehead atoms. The van der Waals surface area contributed by atoms with E-state index in [4.69, 9.17) is 11.6 Å². The first-order chi connectivity index (χ1) is 14.6. The van der Waals surface area contributed by atoms with Crippen LogP contribution in [-0.4, -0.2) is 59.8 Å². The van der Waals surface area contributed by atoms with Crippen molar-refractivity contribution in [2.75, 3.05) is 35.7 Å². The highest BCUT2D eigenvalue weighted by Gasteiger charge is 2.29. The molecule has 0 unspecified atom stereocenters. The Labute approximate surface area is 191 Å². The number of anilines is 2. The van der Waals surface area contributed by atoms with Gasteiger partial charge in [0.25, 0.3) is 0 Å². The van der Waals surface area contributed by atoms with Gasteiger partial charge in [-0.1, -0.05) is 34.7 Å². The Morgan fingerprint density at radius 3 is 2.65 bits per heavy atom. The normalized spacial score (nSPS) is 15.6. The number of carbonyl (C=O) groups excluding carboxylic acids is 2. The summed E-state index contributed by atoms with van der Waals surface area (Å²) >= 11 is 7.96. The molecular formula is C17H19ClFN5O4S3. The van der Waals surface area contributed by atoms with E-state index in [0.29, 0.717) is 41.1 Å². The topological polar surface area (TPSA) is 121 Å². The Morgan fingerprint density at radius 1 is 1.29 bits per heavy atom. The average molecular weight is 508 g/mol. The molecule has 0 aliphatic carbocycles. The zero-order valence-corrected chi connectivity index (χ0v) is 19.5. The van der Waals surface area contributed by atoms with Crippen molar-refractivity contribution >= 4 is 67.4 Å². The third kappa shape index (κ3) is 6.84. The lowest BCUT2D eigenvalue weighted by atomic mass is 9.97. The predicted octanol–water partition coefficient (Wildman–Crippen LogP) is 2.67. The Hall–Kier alpha value is -1.80. The Morgan fingerprint density at radius 2 is 2.00 bits per heavy atom. The van der Waals surface area contributed by atoms with Crippen LogP contribution in [0, 0.1) is 11.7 Å². The highest BCUT2D eigenvalue weighted by molar-refractivity contribution is 8.01. The molecule has 2 heterocycles. The minimum atomic E-state index is -3.25. The average Bonchev–Trinajstić information content (AvgIpc) is 3.16. The van der Waals surface area contributed by atoms with Crippen LogP contribution in [0.3, 0.4) is 0 Å². The molecule has 1 aromatic carbocycles. The van der Waals surface area contributed by atoms with E-state index < -0.39 is 15.8 Å². The van der Waals surface area contributed by atoms with E-state index >= 15 is 0 Å². The summed E-state index contributed by atoms with van der Waals surface area (Å²) < 4.78 is 38.1. The summed E-state index contributed by atoms with van der Waals surface area (Å²) in [4.78, 5) is 24.4. The summed E-state index contributed by atoms with van der Waals surface area (Å²) in [7, 11) is -3.25. The minimum absolute atomic E-state index is 0.0432. The van der Waals surface area contributed by atoms with E-state index in [2.05, 4.69) is 20.8 Å². The Balaban J connectivity index is 1.45. The number of benzene rings is 1. The van der Waals surface area contributed by atoms with Crippen LogP contribution in [0.2, 0.25) is 5.02 Å². The quantitative estimate of drug-likeness (QED) is 0.436. The van der Waals surface area contributed by atoms with Crippen molar-refractivity contribution < 1.29 is 22.4 Å². The predicted molar refractivity (Wildman–Crippen MR) is 118 cm³/mol. The number of thioether (sulfide) groups is 1. The van der Waals surface area contributed by atoms with Crippen LogP contribution in [0.1, 0.15) is 12.8 Å². The molecule has 14 heteroatoms. The fraction of sp³-hybridized carbons (Fsp3) is 0.412. The standard InChI is InChI=1S/C17H19ClFN5O4S3/c1-31(27,28)24-6-4-10(5-7-24)15(26)21-16-22-23-17(30-16)29-9-14(25)20-11-2-3-13(19)12(18)8-11/h2-3,8,10H,4-7,9H2,1H3,(H,20,25)(H,21,22,26). The van der Waals surface area contributed by atoms with E-state index in [1.54, 1.807) is 0 Å². The molecule has 1 aromatic heterocycles. The van der Waals surface area contributed by atoms with Crippen molar-refractivity contribution in [1.29, 1.82) is 0 Å². The smallest absolute Gasteiger partial charge is 0.234 e. The summed E-state index contributed by atoms with van der Waals surface area (Å²) in [6, 6.07) is 3.89. The van der Waals surface area contributed by atoms with Crippen molar-refractivity contribution in [2.45, 2.75) is 17.2 Å². The van der Waals surface area contributed by atoms with Crippen LogP contribution in [-0.2, 0) is 19.6 Å². The van der Waals surface area contributed by atoms with Gasteiger partial charge in [-0.15, -0.1) is 10.2 Å². The van der Waals surface area contributed by atoms with Crippen LogP contribution in [0.25, 0.3) is 0 Å². The van der Waals surface area contributed by atoms with Crippen LogP contribution in [0.4, 0.5) is 15.2 Å². The van der Waals surface area contributed by atoms with E-state index in [9.17, 15) is 22.4 Å². The Kier molecular flexibility index (Phi) is 7.86. The highest BCUT2D eigenvalue weighted by Crippen LogP contribution is 2.27. The molecule has 0 spiro atoms. The molecule has 1 saturated heterocycles. The number of carbonyl (C=O) groups is 2. The number of rotatable bonds is 7.